The van der Waals surface area contributed by atoms with Crippen molar-refractivity contribution in [3.63, 3.8) is 0 Å². The van der Waals surface area contributed by atoms with Crippen LogP contribution in [0.4, 0.5) is 4.39 Å². The van der Waals surface area contributed by atoms with Crippen molar-refractivity contribution in [2.75, 3.05) is 20.6 Å². The first-order chi connectivity index (χ1) is 14.3. The second-order valence-corrected chi connectivity index (χ2v) is 8.45. The lowest BCUT2D eigenvalue weighted by Crippen LogP contribution is -2.34. The van der Waals surface area contributed by atoms with Crippen LogP contribution in [0.25, 0.3) is 0 Å². The van der Waals surface area contributed by atoms with Gasteiger partial charge in [0.05, 0.1) is 11.7 Å². The summed E-state index contributed by atoms with van der Waals surface area (Å²) in [5.74, 6) is 0.292. The molecule has 0 saturated heterocycles. The van der Waals surface area contributed by atoms with E-state index in [0.29, 0.717) is 23.7 Å². The second kappa shape index (κ2) is 9.82. The van der Waals surface area contributed by atoms with Gasteiger partial charge in [-0.3, -0.25) is 4.79 Å². The molecule has 1 heterocycles. The Hall–Kier alpha value is -2.77. The van der Waals surface area contributed by atoms with E-state index in [2.05, 4.69) is 10.3 Å². The van der Waals surface area contributed by atoms with Gasteiger partial charge in [-0.2, -0.15) is 0 Å². The maximum atomic E-state index is 13.6. The van der Waals surface area contributed by atoms with Crippen LogP contribution in [-0.2, 0) is 6.61 Å². The summed E-state index contributed by atoms with van der Waals surface area (Å²) in [4.78, 5) is 19.7. The van der Waals surface area contributed by atoms with Gasteiger partial charge >= 0.3 is 0 Å². The number of halogens is 1. The van der Waals surface area contributed by atoms with E-state index in [1.54, 1.807) is 6.07 Å². The zero-order valence-electron chi connectivity index (χ0n) is 17.6. The molecule has 30 heavy (non-hydrogen) atoms. The summed E-state index contributed by atoms with van der Waals surface area (Å²) in [5.41, 5.74) is 2.65. The van der Waals surface area contributed by atoms with Gasteiger partial charge in [0.25, 0.3) is 5.91 Å². The molecule has 2 aromatic carbocycles. The van der Waals surface area contributed by atoms with Gasteiger partial charge in [0.2, 0.25) is 0 Å². The molecule has 0 spiro atoms. The summed E-state index contributed by atoms with van der Waals surface area (Å²) in [5, 5.41) is 3.70. The largest absolute Gasteiger partial charge is 0.486 e. The number of ether oxygens (including phenoxy) is 1. The van der Waals surface area contributed by atoms with Crippen LogP contribution in [0.15, 0.2) is 48.5 Å². The summed E-state index contributed by atoms with van der Waals surface area (Å²) >= 11 is 1.33. The third-order valence-electron chi connectivity index (χ3n) is 4.74. The molecule has 1 atom stereocenters. The zero-order chi connectivity index (χ0) is 21.7. The normalized spacial score (nSPS) is 12.1. The van der Waals surface area contributed by atoms with Crippen LogP contribution in [0.3, 0.4) is 0 Å². The average Bonchev–Trinajstić information content (AvgIpc) is 3.08. The van der Waals surface area contributed by atoms with Crippen molar-refractivity contribution in [3.05, 3.63) is 81.1 Å². The molecule has 7 heteroatoms. The van der Waals surface area contributed by atoms with Crippen molar-refractivity contribution >= 4 is 17.2 Å². The van der Waals surface area contributed by atoms with Crippen LogP contribution >= 0.6 is 11.3 Å². The predicted octanol–water partition coefficient (Wildman–Crippen LogP) is 4.51. The highest BCUT2D eigenvalue weighted by atomic mass is 32.1. The summed E-state index contributed by atoms with van der Waals surface area (Å²) in [6, 6.07) is 14.1. The fourth-order valence-electron chi connectivity index (χ4n) is 3.09. The Morgan fingerprint density at radius 2 is 1.93 bits per heavy atom. The Morgan fingerprint density at radius 1 is 1.20 bits per heavy atom. The monoisotopic (exact) mass is 427 g/mol. The first-order valence-corrected chi connectivity index (χ1v) is 10.5. The summed E-state index contributed by atoms with van der Waals surface area (Å²) < 4.78 is 19.4. The van der Waals surface area contributed by atoms with Gasteiger partial charge in [-0.05, 0) is 57.8 Å². The van der Waals surface area contributed by atoms with Crippen molar-refractivity contribution in [3.8, 4) is 5.75 Å². The number of thiazole rings is 1. The molecule has 1 unspecified atom stereocenters. The maximum Gasteiger partial charge on any atom is 0.263 e. The summed E-state index contributed by atoms with van der Waals surface area (Å²) in [7, 11) is 3.81. The second-order valence-electron chi connectivity index (χ2n) is 7.37. The fraction of sp³-hybridized carbons (Fsp3) is 0.304. The average molecular weight is 428 g/mol. The van der Waals surface area contributed by atoms with Crippen molar-refractivity contribution < 1.29 is 13.9 Å². The van der Waals surface area contributed by atoms with E-state index in [1.807, 2.05) is 63.2 Å². The maximum absolute atomic E-state index is 13.6. The Balaban J connectivity index is 1.62. The Morgan fingerprint density at radius 3 is 2.60 bits per heavy atom. The highest BCUT2D eigenvalue weighted by Crippen LogP contribution is 2.22. The van der Waals surface area contributed by atoms with E-state index in [-0.39, 0.29) is 17.8 Å². The van der Waals surface area contributed by atoms with Crippen LogP contribution < -0.4 is 10.1 Å². The number of hydrogen-bond acceptors (Lipinski definition) is 5. The van der Waals surface area contributed by atoms with Gasteiger partial charge in [-0.1, -0.05) is 29.8 Å². The number of amides is 1. The number of aryl methyl sites for hydroxylation is 2. The lowest BCUT2D eigenvalue weighted by molar-refractivity contribution is 0.0945. The molecule has 3 rings (SSSR count). The van der Waals surface area contributed by atoms with Crippen LogP contribution in [0.1, 0.15) is 37.5 Å². The first kappa shape index (κ1) is 21.9. The van der Waals surface area contributed by atoms with Crippen LogP contribution in [0.5, 0.6) is 5.75 Å². The first-order valence-electron chi connectivity index (χ1n) is 9.69. The molecule has 0 bridgehead atoms. The third-order valence-corrected chi connectivity index (χ3v) is 5.87. The molecule has 3 aromatic rings. The van der Waals surface area contributed by atoms with Gasteiger partial charge in [0.15, 0.2) is 0 Å². The van der Waals surface area contributed by atoms with E-state index in [9.17, 15) is 9.18 Å². The standard InChI is InChI=1S/C23H26FN3O2S/c1-15-8-10-19(11-9-15)29-14-21-26-16(2)22(30-21)23(28)25-13-20(27(3)4)17-6-5-7-18(24)12-17/h5-12,20H,13-14H2,1-4H3,(H,25,28). The minimum absolute atomic E-state index is 0.137. The number of carbonyl (C=O) groups is 1. The number of carbonyl (C=O) groups excluding carboxylic acids is 1. The summed E-state index contributed by atoms with van der Waals surface area (Å²) in [6.45, 7) is 4.51. The number of rotatable bonds is 8. The highest BCUT2D eigenvalue weighted by molar-refractivity contribution is 7.13. The molecule has 0 aliphatic heterocycles. The van der Waals surface area contributed by atoms with E-state index in [0.717, 1.165) is 16.3 Å². The van der Waals surface area contributed by atoms with Crippen molar-refractivity contribution in [1.82, 2.24) is 15.2 Å². The topological polar surface area (TPSA) is 54.5 Å². The molecular formula is C23H26FN3O2S. The SMILES string of the molecule is Cc1ccc(OCc2nc(C)c(C(=O)NCC(c3cccc(F)c3)N(C)C)s2)cc1. The van der Waals surface area contributed by atoms with Crippen molar-refractivity contribution in [1.29, 1.82) is 0 Å². The number of hydrogen-bond donors (Lipinski definition) is 1. The molecule has 1 N–H and O–H groups in total. The van der Waals surface area contributed by atoms with Gasteiger partial charge in [0, 0.05) is 6.54 Å². The highest BCUT2D eigenvalue weighted by Gasteiger charge is 2.19. The molecule has 0 saturated carbocycles. The smallest absolute Gasteiger partial charge is 0.263 e. The van der Waals surface area contributed by atoms with Crippen molar-refractivity contribution in [2.45, 2.75) is 26.5 Å². The van der Waals surface area contributed by atoms with Crippen LogP contribution in [0.2, 0.25) is 0 Å². The Kier molecular flexibility index (Phi) is 7.18. The molecule has 0 fully saturated rings. The molecule has 1 amide bonds. The molecule has 1 aromatic heterocycles. The van der Waals surface area contributed by atoms with E-state index in [1.165, 1.54) is 29.0 Å². The molecule has 0 aliphatic carbocycles. The number of likely N-dealkylation sites (N-methyl/N-ethyl adjacent to an activating group) is 1. The molecular weight excluding hydrogens is 401 g/mol. The Labute approximate surface area is 180 Å². The van der Waals surface area contributed by atoms with Crippen LogP contribution in [-0.4, -0.2) is 36.4 Å². The molecule has 158 valence electrons. The van der Waals surface area contributed by atoms with Crippen molar-refractivity contribution in [2.24, 2.45) is 0 Å². The minimum atomic E-state index is -0.290. The number of aromatic nitrogens is 1. The number of nitrogens with one attached hydrogen (secondary N) is 1. The molecule has 0 aliphatic rings. The Bertz CT molecular complexity index is 1000. The summed E-state index contributed by atoms with van der Waals surface area (Å²) in [6.07, 6.45) is 0. The predicted molar refractivity (Wildman–Crippen MR) is 118 cm³/mol. The lowest BCUT2D eigenvalue weighted by atomic mass is 10.1. The molecule has 0 radical (unpaired) electrons. The van der Waals surface area contributed by atoms with E-state index >= 15 is 0 Å². The van der Waals surface area contributed by atoms with Crippen LogP contribution in [0, 0.1) is 19.7 Å². The fourth-order valence-corrected chi connectivity index (χ4v) is 3.98. The van der Waals surface area contributed by atoms with E-state index < -0.39 is 0 Å². The molecule has 5 nitrogen and oxygen atoms in total. The van der Waals surface area contributed by atoms with E-state index in [4.69, 9.17) is 4.74 Å². The van der Waals surface area contributed by atoms with Gasteiger partial charge in [-0.25, -0.2) is 9.37 Å². The zero-order valence-corrected chi connectivity index (χ0v) is 18.4. The quantitative estimate of drug-likeness (QED) is 0.575. The van der Waals surface area contributed by atoms with Gasteiger partial charge in [-0.15, -0.1) is 11.3 Å². The minimum Gasteiger partial charge on any atom is -0.486 e. The van der Waals surface area contributed by atoms with Gasteiger partial charge < -0.3 is 15.0 Å². The number of benzene rings is 2. The number of nitrogens with zero attached hydrogens (tertiary/aromatic N) is 2. The third kappa shape index (κ3) is 5.64. The lowest BCUT2D eigenvalue weighted by Gasteiger charge is -2.25. The van der Waals surface area contributed by atoms with Gasteiger partial charge in [0.1, 0.15) is 28.1 Å².